The highest BCUT2D eigenvalue weighted by Crippen LogP contribution is 2.21. The molecule has 0 heterocycles. The lowest BCUT2D eigenvalue weighted by Crippen LogP contribution is -2.09. The second-order valence-corrected chi connectivity index (χ2v) is 3.14. The van der Waals surface area contributed by atoms with Crippen LogP contribution in [0.4, 0.5) is 4.39 Å². The lowest BCUT2D eigenvalue weighted by atomic mass is 10.0. The Morgan fingerprint density at radius 2 is 2.15 bits per heavy atom. The average molecular weight is 183 g/mol. The van der Waals surface area contributed by atoms with E-state index in [1.54, 1.807) is 0 Å². The largest absolute Gasteiger partial charge is 0.508 e. The number of phenolic OH excluding ortho intramolecular Hbond substituents is 1. The van der Waals surface area contributed by atoms with Gasteiger partial charge in [-0.15, -0.1) is 0 Å². The van der Waals surface area contributed by atoms with Crippen molar-refractivity contribution in [3.05, 3.63) is 29.6 Å². The maximum Gasteiger partial charge on any atom is 0.127 e. The average Bonchev–Trinajstić information content (AvgIpc) is 2.03. The Bertz CT molecular complexity index is 268. The van der Waals surface area contributed by atoms with Gasteiger partial charge >= 0.3 is 0 Å². The highest BCUT2D eigenvalue weighted by molar-refractivity contribution is 5.30. The Hall–Kier alpha value is -1.09. The molecule has 3 N–H and O–H groups in total. The fourth-order valence-corrected chi connectivity index (χ4v) is 1.29. The van der Waals surface area contributed by atoms with Crippen molar-refractivity contribution < 1.29 is 9.50 Å². The quantitative estimate of drug-likeness (QED) is 0.755. The van der Waals surface area contributed by atoms with Crippen molar-refractivity contribution in [3.8, 4) is 5.75 Å². The molecule has 1 unspecified atom stereocenters. The van der Waals surface area contributed by atoms with E-state index in [1.165, 1.54) is 12.1 Å². The Morgan fingerprint density at radius 3 is 2.69 bits per heavy atom. The number of rotatable bonds is 3. The molecular weight excluding hydrogens is 169 g/mol. The van der Waals surface area contributed by atoms with E-state index < -0.39 is 5.82 Å². The minimum atomic E-state index is -0.443. The molecule has 1 aromatic rings. The second-order valence-electron chi connectivity index (χ2n) is 3.14. The highest BCUT2D eigenvalue weighted by Gasteiger charge is 2.07. The van der Waals surface area contributed by atoms with Gasteiger partial charge in [0, 0.05) is 12.1 Å². The van der Waals surface area contributed by atoms with Crippen LogP contribution in [-0.4, -0.2) is 5.11 Å². The summed E-state index contributed by atoms with van der Waals surface area (Å²) < 4.78 is 12.8. The molecule has 0 radical (unpaired) electrons. The number of aromatic hydroxyl groups is 1. The van der Waals surface area contributed by atoms with E-state index in [4.69, 9.17) is 10.8 Å². The summed E-state index contributed by atoms with van der Waals surface area (Å²) in [4.78, 5) is 0. The number of hydrogen-bond acceptors (Lipinski definition) is 2. The van der Waals surface area contributed by atoms with Crippen molar-refractivity contribution in [2.75, 3.05) is 0 Å². The minimum absolute atomic E-state index is 0.0680. The molecule has 0 aliphatic rings. The molecule has 1 rings (SSSR count). The van der Waals surface area contributed by atoms with Crippen molar-refractivity contribution >= 4 is 0 Å². The summed E-state index contributed by atoms with van der Waals surface area (Å²) in [5.41, 5.74) is 6.42. The summed E-state index contributed by atoms with van der Waals surface area (Å²) in [6.45, 7) is 2.01. The maximum atomic E-state index is 12.8. The van der Waals surface area contributed by atoms with E-state index >= 15 is 0 Å². The Labute approximate surface area is 77.2 Å². The third kappa shape index (κ3) is 2.70. The standard InChI is InChI=1S/C10H14FNO/c1-2-3-10(12)7-4-8(11)6-9(13)5-7/h4-6,10,13H,2-3,12H2,1H3. The lowest BCUT2D eigenvalue weighted by molar-refractivity contribution is 0.466. The first-order chi connectivity index (χ1) is 6.13. The summed E-state index contributed by atoms with van der Waals surface area (Å²) in [5, 5.41) is 9.12. The molecule has 1 aromatic carbocycles. The molecule has 0 aliphatic heterocycles. The van der Waals surface area contributed by atoms with E-state index in [9.17, 15) is 4.39 Å². The number of halogens is 1. The zero-order valence-electron chi connectivity index (χ0n) is 7.63. The Morgan fingerprint density at radius 1 is 1.46 bits per heavy atom. The number of hydrogen-bond donors (Lipinski definition) is 2. The van der Waals surface area contributed by atoms with Gasteiger partial charge < -0.3 is 10.8 Å². The molecule has 13 heavy (non-hydrogen) atoms. The van der Waals surface area contributed by atoms with E-state index in [-0.39, 0.29) is 11.8 Å². The Balaban J connectivity index is 2.87. The molecule has 0 spiro atoms. The van der Waals surface area contributed by atoms with Crippen LogP contribution in [0.3, 0.4) is 0 Å². The van der Waals surface area contributed by atoms with Crippen LogP contribution in [0.25, 0.3) is 0 Å². The minimum Gasteiger partial charge on any atom is -0.508 e. The van der Waals surface area contributed by atoms with Crippen molar-refractivity contribution in [2.45, 2.75) is 25.8 Å². The molecule has 0 aliphatic carbocycles. The first kappa shape index (κ1) is 9.99. The van der Waals surface area contributed by atoms with Crippen LogP contribution >= 0.6 is 0 Å². The van der Waals surface area contributed by atoms with Crippen LogP contribution in [0.5, 0.6) is 5.75 Å². The first-order valence-electron chi connectivity index (χ1n) is 4.38. The molecule has 0 fully saturated rings. The van der Waals surface area contributed by atoms with Gasteiger partial charge in [-0.1, -0.05) is 13.3 Å². The predicted octanol–water partition coefficient (Wildman–Crippen LogP) is 2.33. The third-order valence-corrected chi connectivity index (χ3v) is 1.93. The van der Waals surface area contributed by atoms with Crippen LogP contribution in [-0.2, 0) is 0 Å². The molecular formula is C10H14FNO. The molecule has 3 heteroatoms. The van der Waals surface area contributed by atoms with Gasteiger partial charge in [-0.3, -0.25) is 0 Å². The van der Waals surface area contributed by atoms with Crippen molar-refractivity contribution in [2.24, 2.45) is 5.73 Å². The molecule has 0 amide bonds. The summed E-state index contributed by atoms with van der Waals surface area (Å²) in [5.74, 6) is -0.511. The Kier molecular flexibility index (Phi) is 3.25. The van der Waals surface area contributed by atoms with Crippen molar-refractivity contribution in [1.29, 1.82) is 0 Å². The molecule has 72 valence electrons. The third-order valence-electron chi connectivity index (χ3n) is 1.93. The van der Waals surface area contributed by atoms with Crippen LogP contribution in [0, 0.1) is 5.82 Å². The van der Waals surface area contributed by atoms with Gasteiger partial charge in [0.15, 0.2) is 0 Å². The zero-order chi connectivity index (χ0) is 9.84. The van der Waals surface area contributed by atoms with E-state index in [0.717, 1.165) is 18.9 Å². The summed E-state index contributed by atoms with van der Waals surface area (Å²) >= 11 is 0. The zero-order valence-corrected chi connectivity index (χ0v) is 7.63. The van der Waals surface area contributed by atoms with Crippen LogP contribution in [0.1, 0.15) is 31.4 Å². The molecule has 0 bridgehead atoms. The summed E-state index contributed by atoms with van der Waals surface area (Å²) in [6.07, 6.45) is 1.74. The molecule has 1 atom stereocenters. The van der Waals surface area contributed by atoms with Crippen molar-refractivity contribution in [1.82, 2.24) is 0 Å². The maximum absolute atomic E-state index is 12.8. The molecule has 0 saturated heterocycles. The number of nitrogens with two attached hydrogens (primary N) is 1. The normalized spacial score (nSPS) is 12.8. The highest BCUT2D eigenvalue weighted by atomic mass is 19.1. The van der Waals surface area contributed by atoms with E-state index in [2.05, 4.69) is 0 Å². The fourth-order valence-electron chi connectivity index (χ4n) is 1.29. The SMILES string of the molecule is CCCC(N)c1cc(O)cc(F)c1. The molecule has 2 nitrogen and oxygen atoms in total. The predicted molar refractivity (Wildman–Crippen MR) is 49.9 cm³/mol. The lowest BCUT2D eigenvalue weighted by Gasteiger charge is -2.10. The van der Waals surface area contributed by atoms with Gasteiger partial charge in [0.2, 0.25) is 0 Å². The topological polar surface area (TPSA) is 46.2 Å². The molecule has 0 aromatic heterocycles. The van der Waals surface area contributed by atoms with Gasteiger partial charge in [-0.2, -0.15) is 0 Å². The fraction of sp³-hybridized carbons (Fsp3) is 0.400. The van der Waals surface area contributed by atoms with E-state index in [1.807, 2.05) is 6.92 Å². The van der Waals surface area contributed by atoms with Crippen molar-refractivity contribution in [3.63, 3.8) is 0 Å². The van der Waals surface area contributed by atoms with Crippen LogP contribution in [0.2, 0.25) is 0 Å². The van der Waals surface area contributed by atoms with Gasteiger partial charge in [0.25, 0.3) is 0 Å². The van der Waals surface area contributed by atoms with Gasteiger partial charge in [0.1, 0.15) is 11.6 Å². The van der Waals surface area contributed by atoms with E-state index in [0.29, 0.717) is 5.56 Å². The second kappa shape index (κ2) is 4.23. The number of benzene rings is 1. The summed E-state index contributed by atoms with van der Waals surface area (Å²) in [6, 6.07) is 3.75. The van der Waals surface area contributed by atoms with Gasteiger partial charge in [-0.25, -0.2) is 4.39 Å². The number of phenols is 1. The van der Waals surface area contributed by atoms with Crippen LogP contribution < -0.4 is 5.73 Å². The van der Waals surface area contributed by atoms with Gasteiger partial charge in [0.05, 0.1) is 0 Å². The van der Waals surface area contributed by atoms with Crippen LogP contribution in [0.15, 0.2) is 18.2 Å². The summed E-state index contributed by atoms with van der Waals surface area (Å²) in [7, 11) is 0. The first-order valence-corrected chi connectivity index (χ1v) is 4.38. The monoisotopic (exact) mass is 183 g/mol. The smallest absolute Gasteiger partial charge is 0.127 e. The molecule has 0 saturated carbocycles. The van der Waals surface area contributed by atoms with Gasteiger partial charge in [-0.05, 0) is 24.1 Å².